The average molecular weight is 369 g/mol. The molecule has 0 atom stereocenters. The van der Waals surface area contributed by atoms with Crippen LogP contribution in [0, 0.1) is 0 Å². The van der Waals surface area contributed by atoms with Crippen molar-refractivity contribution < 1.29 is 4.79 Å². The van der Waals surface area contributed by atoms with E-state index in [2.05, 4.69) is 15.4 Å². The van der Waals surface area contributed by atoms with Gasteiger partial charge >= 0.3 is 6.03 Å². The second-order valence-corrected chi connectivity index (χ2v) is 6.35. The molecule has 2 aromatic carbocycles. The third-order valence-electron chi connectivity index (χ3n) is 4.63. The summed E-state index contributed by atoms with van der Waals surface area (Å²) in [6.07, 6.45) is 3.15. The number of aromatic amines is 1. The Labute approximate surface area is 158 Å². The number of carbonyl (C=O) groups is 1. The van der Waals surface area contributed by atoms with E-state index >= 15 is 0 Å². The Morgan fingerprint density at radius 2 is 1.64 bits per heavy atom. The fraction of sp³-hybridized carbons (Fsp3) is 0. The third kappa shape index (κ3) is 2.49. The van der Waals surface area contributed by atoms with E-state index in [4.69, 9.17) is 0 Å². The van der Waals surface area contributed by atoms with E-state index < -0.39 is 0 Å². The number of hydrogen-bond donors (Lipinski definition) is 2. The van der Waals surface area contributed by atoms with Gasteiger partial charge in [0, 0.05) is 23.5 Å². The van der Waals surface area contributed by atoms with Crippen molar-refractivity contribution in [1.29, 1.82) is 0 Å². The molecule has 5 aromatic rings. The van der Waals surface area contributed by atoms with Crippen molar-refractivity contribution in [2.75, 3.05) is 5.32 Å². The summed E-state index contributed by atoms with van der Waals surface area (Å²) in [5.74, 6) is 0. The second kappa shape index (κ2) is 6.24. The van der Waals surface area contributed by atoms with Crippen molar-refractivity contribution in [3.63, 3.8) is 0 Å². The van der Waals surface area contributed by atoms with E-state index in [0.717, 1.165) is 5.69 Å². The van der Waals surface area contributed by atoms with Crippen LogP contribution in [0.3, 0.4) is 0 Å². The summed E-state index contributed by atoms with van der Waals surface area (Å²) in [6, 6.07) is 20.0. The molecule has 0 bridgehead atoms. The molecule has 0 aliphatic rings. The number of hydrogen-bond acceptors (Lipinski definition) is 3. The van der Waals surface area contributed by atoms with Crippen molar-refractivity contribution in [3.05, 3.63) is 89.5 Å². The van der Waals surface area contributed by atoms with Crippen LogP contribution in [0.15, 0.2) is 83.9 Å². The molecule has 0 fully saturated rings. The third-order valence-corrected chi connectivity index (χ3v) is 4.63. The van der Waals surface area contributed by atoms with E-state index in [1.807, 2.05) is 60.7 Å². The van der Waals surface area contributed by atoms with Gasteiger partial charge in [-0.05, 0) is 30.3 Å². The smallest absolute Gasteiger partial charge is 0.307 e. The number of fused-ring (bicyclic) bond motifs is 3. The van der Waals surface area contributed by atoms with E-state index in [0.29, 0.717) is 27.6 Å². The number of nitrogens with one attached hydrogen (secondary N) is 2. The number of aromatic nitrogens is 4. The fourth-order valence-electron chi connectivity index (χ4n) is 3.28. The molecule has 0 saturated carbocycles. The van der Waals surface area contributed by atoms with Gasteiger partial charge in [-0.2, -0.15) is 0 Å². The van der Waals surface area contributed by atoms with Crippen LogP contribution in [0.4, 0.5) is 10.5 Å². The summed E-state index contributed by atoms with van der Waals surface area (Å²) >= 11 is 0. The van der Waals surface area contributed by atoms with Crippen LogP contribution in [0.25, 0.3) is 27.6 Å². The summed E-state index contributed by atoms with van der Waals surface area (Å²) in [5.41, 5.74) is 2.36. The Bertz CT molecular complexity index is 1360. The van der Waals surface area contributed by atoms with Gasteiger partial charge in [0.15, 0.2) is 0 Å². The maximum atomic E-state index is 12.8. The Balaban J connectivity index is 1.62. The van der Waals surface area contributed by atoms with Gasteiger partial charge in [-0.3, -0.25) is 14.5 Å². The van der Waals surface area contributed by atoms with Crippen molar-refractivity contribution in [2.45, 2.75) is 0 Å². The first-order valence-corrected chi connectivity index (χ1v) is 8.75. The number of pyridine rings is 1. The first-order chi connectivity index (χ1) is 13.7. The lowest BCUT2D eigenvalue weighted by Gasteiger charge is -2.06. The average Bonchev–Trinajstić information content (AvgIpc) is 3.31. The molecule has 0 aliphatic heterocycles. The van der Waals surface area contributed by atoms with Gasteiger partial charge in [-0.25, -0.2) is 14.5 Å². The molecule has 0 unspecified atom stereocenters. The predicted molar refractivity (Wildman–Crippen MR) is 108 cm³/mol. The first-order valence-electron chi connectivity index (χ1n) is 8.75. The van der Waals surface area contributed by atoms with Gasteiger partial charge in [0.1, 0.15) is 5.65 Å². The Morgan fingerprint density at radius 1 is 0.929 bits per heavy atom. The van der Waals surface area contributed by atoms with E-state index in [1.165, 1.54) is 15.4 Å². The van der Waals surface area contributed by atoms with Crippen LogP contribution in [-0.2, 0) is 0 Å². The molecule has 0 radical (unpaired) electrons. The minimum absolute atomic E-state index is 0.183. The lowest BCUT2D eigenvalue weighted by atomic mass is 10.2. The molecule has 5 rings (SSSR count). The Kier molecular flexibility index (Phi) is 3.58. The number of para-hydroxylation sites is 2. The molecular weight excluding hydrogens is 354 g/mol. The molecule has 7 heteroatoms. The van der Waals surface area contributed by atoms with Crippen LogP contribution in [0.5, 0.6) is 0 Å². The van der Waals surface area contributed by atoms with Crippen LogP contribution < -0.4 is 10.9 Å². The number of rotatable bonds is 2. The monoisotopic (exact) mass is 369 g/mol. The zero-order valence-corrected chi connectivity index (χ0v) is 14.7. The fourth-order valence-corrected chi connectivity index (χ4v) is 3.28. The molecule has 3 heterocycles. The molecular formula is C21H15N5O2. The Morgan fingerprint density at radius 3 is 2.39 bits per heavy atom. The number of nitrogens with zero attached hydrogens (tertiary/aromatic N) is 3. The first kappa shape index (κ1) is 16.1. The standard InChI is InChI=1S/C21H15N5O2/c27-20-17-13-22-19-16(18(17)24-26(20)15-9-5-2-6-10-15)11-12-25(19)21(28)23-14-7-3-1-4-8-14/h1-13,24H,(H,23,28). The summed E-state index contributed by atoms with van der Waals surface area (Å²) < 4.78 is 2.91. The van der Waals surface area contributed by atoms with Gasteiger partial charge < -0.3 is 5.32 Å². The van der Waals surface area contributed by atoms with Crippen LogP contribution in [0.1, 0.15) is 0 Å². The van der Waals surface area contributed by atoms with Crippen LogP contribution in [-0.4, -0.2) is 25.4 Å². The number of anilines is 1. The molecule has 7 nitrogen and oxygen atoms in total. The lowest BCUT2D eigenvalue weighted by Crippen LogP contribution is -2.18. The topological polar surface area (TPSA) is 84.7 Å². The minimum Gasteiger partial charge on any atom is -0.307 e. The highest BCUT2D eigenvalue weighted by Crippen LogP contribution is 2.22. The van der Waals surface area contributed by atoms with E-state index in [1.54, 1.807) is 12.3 Å². The van der Waals surface area contributed by atoms with Crippen molar-refractivity contribution in [1.82, 2.24) is 19.3 Å². The summed E-state index contributed by atoms with van der Waals surface area (Å²) in [6.45, 7) is 0. The van der Waals surface area contributed by atoms with Gasteiger partial charge in [-0.15, -0.1) is 0 Å². The summed E-state index contributed by atoms with van der Waals surface area (Å²) in [7, 11) is 0. The SMILES string of the molecule is O=C(Nc1ccccc1)n1ccc2c3[nH]n(-c4ccccc4)c(=O)c3cnc21. The highest BCUT2D eigenvalue weighted by molar-refractivity contribution is 6.06. The molecule has 28 heavy (non-hydrogen) atoms. The molecule has 1 amide bonds. The predicted octanol–water partition coefficient (Wildman–Crippen LogP) is 3.75. The van der Waals surface area contributed by atoms with Gasteiger partial charge in [0.25, 0.3) is 5.56 Å². The zero-order chi connectivity index (χ0) is 19.1. The van der Waals surface area contributed by atoms with Crippen LogP contribution >= 0.6 is 0 Å². The van der Waals surface area contributed by atoms with E-state index in [-0.39, 0.29) is 11.6 Å². The number of benzene rings is 2. The molecule has 0 aliphatic carbocycles. The molecule has 136 valence electrons. The van der Waals surface area contributed by atoms with Crippen molar-refractivity contribution in [2.24, 2.45) is 0 Å². The maximum absolute atomic E-state index is 12.8. The van der Waals surface area contributed by atoms with Crippen LogP contribution in [0.2, 0.25) is 0 Å². The Hall–Kier alpha value is -4.13. The van der Waals surface area contributed by atoms with Crippen molar-refractivity contribution in [3.8, 4) is 5.69 Å². The largest absolute Gasteiger partial charge is 0.331 e. The van der Waals surface area contributed by atoms with Gasteiger partial charge in [-0.1, -0.05) is 36.4 Å². The summed E-state index contributed by atoms with van der Waals surface area (Å²) in [5, 5.41) is 7.15. The second-order valence-electron chi connectivity index (χ2n) is 6.35. The molecule has 0 saturated heterocycles. The normalized spacial score (nSPS) is 11.1. The van der Waals surface area contributed by atoms with Gasteiger partial charge in [0.05, 0.1) is 16.6 Å². The number of H-pyrrole nitrogens is 1. The molecule has 2 N–H and O–H groups in total. The molecule has 3 aromatic heterocycles. The zero-order valence-electron chi connectivity index (χ0n) is 14.7. The van der Waals surface area contributed by atoms with Gasteiger partial charge in [0.2, 0.25) is 0 Å². The summed E-state index contributed by atoms with van der Waals surface area (Å²) in [4.78, 5) is 29.8. The number of amides is 1. The quantitative estimate of drug-likeness (QED) is 0.497. The maximum Gasteiger partial charge on any atom is 0.331 e. The van der Waals surface area contributed by atoms with Crippen molar-refractivity contribution >= 4 is 33.7 Å². The lowest BCUT2D eigenvalue weighted by molar-refractivity contribution is 0.254. The van der Waals surface area contributed by atoms with E-state index in [9.17, 15) is 9.59 Å². The molecule has 0 spiro atoms. The minimum atomic E-state index is -0.321. The highest BCUT2D eigenvalue weighted by Gasteiger charge is 2.16. The number of carbonyl (C=O) groups excluding carboxylic acids is 1. The highest BCUT2D eigenvalue weighted by atomic mass is 16.2.